The topological polar surface area (TPSA) is 117 Å². The largest absolute Gasteiger partial charge is 0.493 e. The van der Waals surface area contributed by atoms with Gasteiger partial charge in [0, 0.05) is 12.6 Å². The summed E-state index contributed by atoms with van der Waals surface area (Å²) >= 11 is 0. The molecule has 0 aromatic heterocycles. The lowest BCUT2D eigenvalue weighted by atomic mass is 9.84. The molecule has 7 nitrogen and oxygen atoms in total. The molecule has 5 N–H and O–H groups in total. The van der Waals surface area contributed by atoms with Crippen LogP contribution in [-0.4, -0.2) is 31.6 Å². The molecule has 136 valence electrons. The molecule has 1 aromatic carbocycles. The van der Waals surface area contributed by atoms with Crippen molar-refractivity contribution in [3.8, 4) is 11.5 Å². The molecular weight excluding hydrogens is 322 g/mol. The molecule has 1 aromatic rings. The quantitative estimate of drug-likeness (QED) is 0.666. The summed E-state index contributed by atoms with van der Waals surface area (Å²) in [5.41, 5.74) is 12.2. The standard InChI is InChI=1S/C18H25N3O4/c1-24-14-6-10(2-5-13(14)25-9-15(19)22)8-21-18(23)16-11-3-4-12(7-11)17(16)20/h2,5-6,11-12,16-17H,3-4,7-9,20H2,1H3,(H2,19,22)(H,21,23). The lowest BCUT2D eigenvalue weighted by Crippen LogP contribution is -2.45. The Hall–Kier alpha value is -2.28. The predicted octanol–water partition coefficient (Wildman–Crippen LogP) is 0.549. The van der Waals surface area contributed by atoms with Crippen LogP contribution in [0, 0.1) is 17.8 Å². The third-order valence-corrected chi connectivity index (χ3v) is 5.35. The van der Waals surface area contributed by atoms with Crippen molar-refractivity contribution in [2.75, 3.05) is 13.7 Å². The van der Waals surface area contributed by atoms with E-state index in [1.165, 1.54) is 7.11 Å². The fourth-order valence-corrected chi connectivity index (χ4v) is 4.12. The van der Waals surface area contributed by atoms with Crippen LogP contribution in [0.3, 0.4) is 0 Å². The van der Waals surface area contributed by atoms with Crippen LogP contribution in [0.15, 0.2) is 18.2 Å². The van der Waals surface area contributed by atoms with Gasteiger partial charge in [-0.25, -0.2) is 0 Å². The van der Waals surface area contributed by atoms with Crippen molar-refractivity contribution in [1.29, 1.82) is 0 Å². The number of nitrogens with two attached hydrogens (primary N) is 2. The maximum atomic E-state index is 12.5. The van der Waals surface area contributed by atoms with E-state index in [0.29, 0.717) is 29.9 Å². The molecule has 0 heterocycles. The molecule has 0 saturated heterocycles. The fraction of sp³-hybridized carbons (Fsp3) is 0.556. The van der Waals surface area contributed by atoms with Crippen molar-refractivity contribution >= 4 is 11.8 Å². The van der Waals surface area contributed by atoms with Gasteiger partial charge >= 0.3 is 0 Å². The Balaban J connectivity index is 1.59. The summed E-state index contributed by atoms with van der Waals surface area (Å²) in [6.07, 6.45) is 3.34. The smallest absolute Gasteiger partial charge is 0.255 e. The summed E-state index contributed by atoms with van der Waals surface area (Å²) in [5.74, 6) is 1.27. The number of fused-ring (bicyclic) bond motifs is 2. The monoisotopic (exact) mass is 347 g/mol. The van der Waals surface area contributed by atoms with Gasteiger partial charge in [-0.15, -0.1) is 0 Å². The Labute approximate surface area is 147 Å². The number of hydrogen-bond acceptors (Lipinski definition) is 5. The maximum absolute atomic E-state index is 12.5. The van der Waals surface area contributed by atoms with E-state index in [0.717, 1.165) is 24.8 Å². The van der Waals surface area contributed by atoms with Gasteiger partial charge in [0.05, 0.1) is 13.0 Å². The first kappa shape index (κ1) is 17.5. The molecule has 0 aliphatic heterocycles. The van der Waals surface area contributed by atoms with Gasteiger partial charge in [0.15, 0.2) is 18.1 Å². The molecule has 0 radical (unpaired) electrons. The predicted molar refractivity (Wildman–Crippen MR) is 91.8 cm³/mol. The second-order valence-electron chi connectivity index (χ2n) is 6.89. The van der Waals surface area contributed by atoms with Crippen molar-refractivity contribution in [2.45, 2.75) is 31.8 Å². The zero-order chi connectivity index (χ0) is 18.0. The van der Waals surface area contributed by atoms with Crippen molar-refractivity contribution < 1.29 is 19.1 Å². The summed E-state index contributed by atoms with van der Waals surface area (Å²) in [6.45, 7) is 0.181. The zero-order valence-electron chi connectivity index (χ0n) is 14.4. The highest BCUT2D eigenvalue weighted by Gasteiger charge is 2.48. The highest BCUT2D eigenvalue weighted by molar-refractivity contribution is 5.80. The first-order valence-corrected chi connectivity index (χ1v) is 8.61. The first-order valence-electron chi connectivity index (χ1n) is 8.61. The van der Waals surface area contributed by atoms with Crippen LogP contribution in [-0.2, 0) is 16.1 Å². The molecule has 2 saturated carbocycles. The van der Waals surface area contributed by atoms with E-state index in [4.69, 9.17) is 20.9 Å². The van der Waals surface area contributed by atoms with Gasteiger partial charge in [0.2, 0.25) is 5.91 Å². The third kappa shape index (κ3) is 3.71. The van der Waals surface area contributed by atoms with Crippen LogP contribution < -0.4 is 26.3 Å². The van der Waals surface area contributed by atoms with Crippen LogP contribution in [0.25, 0.3) is 0 Å². The van der Waals surface area contributed by atoms with Gasteiger partial charge in [-0.05, 0) is 48.8 Å². The molecule has 2 aliphatic rings. The molecule has 25 heavy (non-hydrogen) atoms. The molecular formula is C18H25N3O4. The average molecular weight is 347 g/mol. The van der Waals surface area contributed by atoms with E-state index in [-0.39, 0.29) is 24.5 Å². The van der Waals surface area contributed by atoms with Gasteiger partial charge in [-0.3, -0.25) is 9.59 Å². The van der Waals surface area contributed by atoms with E-state index >= 15 is 0 Å². The Morgan fingerprint density at radius 3 is 2.64 bits per heavy atom. The van der Waals surface area contributed by atoms with Gasteiger partial charge in [-0.2, -0.15) is 0 Å². The van der Waals surface area contributed by atoms with Crippen molar-refractivity contribution in [3.63, 3.8) is 0 Å². The Kier molecular flexibility index (Phi) is 5.13. The van der Waals surface area contributed by atoms with Gasteiger partial charge < -0.3 is 26.3 Å². The number of primary amides is 1. The van der Waals surface area contributed by atoms with E-state index in [2.05, 4.69) is 5.32 Å². The van der Waals surface area contributed by atoms with Gasteiger partial charge in [0.25, 0.3) is 5.91 Å². The minimum absolute atomic E-state index is 0.0159. The molecule has 0 spiro atoms. The second-order valence-corrected chi connectivity index (χ2v) is 6.89. The SMILES string of the molecule is COc1cc(CNC(=O)C2C3CCC(C3)C2N)ccc1OCC(N)=O. The number of carbonyl (C=O) groups is 2. The summed E-state index contributed by atoms with van der Waals surface area (Å²) in [7, 11) is 1.52. The van der Waals surface area contributed by atoms with E-state index < -0.39 is 5.91 Å². The highest BCUT2D eigenvalue weighted by Crippen LogP contribution is 2.47. The minimum atomic E-state index is -0.555. The molecule has 2 amide bonds. The average Bonchev–Trinajstić information content (AvgIpc) is 3.19. The number of hydrogen-bond donors (Lipinski definition) is 3. The molecule has 7 heteroatoms. The molecule has 4 atom stereocenters. The van der Waals surface area contributed by atoms with Crippen LogP contribution in [0.4, 0.5) is 0 Å². The summed E-state index contributed by atoms with van der Waals surface area (Å²) < 4.78 is 10.6. The molecule has 2 bridgehead atoms. The van der Waals surface area contributed by atoms with Crippen LogP contribution in [0.2, 0.25) is 0 Å². The van der Waals surface area contributed by atoms with Crippen LogP contribution in [0.5, 0.6) is 11.5 Å². The summed E-state index contributed by atoms with van der Waals surface area (Å²) in [6, 6.07) is 5.28. The minimum Gasteiger partial charge on any atom is -0.493 e. The van der Waals surface area contributed by atoms with Crippen LogP contribution >= 0.6 is 0 Å². The number of benzene rings is 1. The lowest BCUT2D eigenvalue weighted by Gasteiger charge is -2.27. The van der Waals surface area contributed by atoms with Crippen molar-refractivity contribution in [3.05, 3.63) is 23.8 Å². The summed E-state index contributed by atoms with van der Waals surface area (Å²) in [4.78, 5) is 23.3. The third-order valence-electron chi connectivity index (χ3n) is 5.35. The van der Waals surface area contributed by atoms with E-state index in [1.807, 2.05) is 6.07 Å². The van der Waals surface area contributed by atoms with Crippen molar-refractivity contribution in [2.24, 2.45) is 29.2 Å². The second kappa shape index (κ2) is 7.31. The number of carbonyl (C=O) groups excluding carboxylic acids is 2. The van der Waals surface area contributed by atoms with Gasteiger partial charge in [-0.1, -0.05) is 6.07 Å². The normalized spacial score (nSPS) is 27.1. The summed E-state index contributed by atoms with van der Waals surface area (Å²) in [5, 5.41) is 2.99. The first-order chi connectivity index (χ1) is 12.0. The Morgan fingerprint density at radius 1 is 1.24 bits per heavy atom. The Morgan fingerprint density at radius 2 is 2.00 bits per heavy atom. The van der Waals surface area contributed by atoms with Gasteiger partial charge in [0.1, 0.15) is 0 Å². The Bertz CT molecular complexity index is 662. The molecule has 4 unspecified atom stereocenters. The van der Waals surface area contributed by atoms with E-state index in [1.54, 1.807) is 12.1 Å². The van der Waals surface area contributed by atoms with Crippen LogP contribution in [0.1, 0.15) is 24.8 Å². The number of methoxy groups -OCH3 is 1. The molecule has 3 rings (SSSR count). The number of ether oxygens (including phenoxy) is 2. The zero-order valence-corrected chi connectivity index (χ0v) is 14.4. The highest BCUT2D eigenvalue weighted by atomic mass is 16.5. The van der Waals surface area contributed by atoms with E-state index in [9.17, 15) is 9.59 Å². The fourth-order valence-electron chi connectivity index (χ4n) is 4.12. The number of nitrogens with one attached hydrogen (secondary N) is 1. The maximum Gasteiger partial charge on any atom is 0.255 e. The number of rotatable bonds is 7. The van der Waals surface area contributed by atoms with Crippen molar-refractivity contribution in [1.82, 2.24) is 5.32 Å². The molecule has 2 fully saturated rings. The lowest BCUT2D eigenvalue weighted by molar-refractivity contribution is -0.127. The molecule has 2 aliphatic carbocycles. The number of amides is 2.